The smallest absolute Gasteiger partial charge is 0.338 e. The van der Waals surface area contributed by atoms with E-state index in [1.54, 1.807) is 6.07 Å². The van der Waals surface area contributed by atoms with Crippen molar-refractivity contribution in [3.63, 3.8) is 0 Å². The second kappa shape index (κ2) is 6.61. The summed E-state index contributed by atoms with van der Waals surface area (Å²) in [6, 6.07) is 3.67. The van der Waals surface area contributed by atoms with Gasteiger partial charge in [-0.3, -0.25) is 4.79 Å². The van der Waals surface area contributed by atoms with Crippen molar-refractivity contribution in [1.29, 1.82) is 0 Å². The van der Waals surface area contributed by atoms with Gasteiger partial charge in [0.05, 0.1) is 5.56 Å². The van der Waals surface area contributed by atoms with Gasteiger partial charge < -0.3 is 15.8 Å². The molecule has 114 valence electrons. The first kappa shape index (κ1) is 15.4. The van der Waals surface area contributed by atoms with Crippen molar-refractivity contribution in [2.45, 2.75) is 45.6 Å². The van der Waals surface area contributed by atoms with Gasteiger partial charge in [0.1, 0.15) is 0 Å². The van der Waals surface area contributed by atoms with Gasteiger partial charge in [-0.1, -0.05) is 18.9 Å². The molecule has 1 aromatic rings. The summed E-state index contributed by atoms with van der Waals surface area (Å²) >= 11 is 0. The van der Waals surface area contributed by atoms with Crippen LogP contribution in [0.4, 0.5) is 5.69 Å². The third kappa shape index (κ3) is 3.97. The molecule has 1 fully saturated rings. The predicted octanol–water partition coefficient (Wildman–Crippen LogP) is 2.10. The fourth-order valence-corrected chi connectivity index (χ4v) is 2.64. The monoisotopic (exact) mass is 290 g/mol. The number of amides is 1. The third-order valence-electron chi connectivity index (χ3n) is 3.89. The van der Waals surface area contributed by atoms with Crippen LogP contribution >= 0.6 is 0 Å². The zero-order valence-electron chi connectivity index (χ0n) is 12.6. The Morgan fingerprint density at radius 1 is 1.24 bits per heavy atom. The normalized spacial score (nSPS) is 15.0. The lowest BCUT2D eigenvalue weighted by Gasteiger charge is -2.13. The van der Waals surface area contributed by atoms with Crippen LogP contribution < -0.4 is 11.1 Å². The Labute approximate surface area is 124 Å². The number of nitrogens with one attached hydrogen (secondary N) is 1. The van der Waals surface area contributed by atoms with Crippen LogP contribution in [0.3, 0.4) is 0 Å². The number of carbonyl (C=O) groups excluding carboxylic acids is 2. The molecule has 0 bridgehead atoms. The molecule has 1 aliphatic rings. The Morgan fingerprint density at radius 3 is 2.57 bits per heavy atom. The Bertz CT molecular complexity index is 549. The van der Waals surface area contributed by atoms with Crippen LogP contribution in [0.5, 0.6) is 0 Å². The summed E-state index contributed by atoms with van der Waals surface area (Å²) in [6.45, 7) is 3.46. The molecule has 1 amide bonds. The molecular weight excluding hydrogens is 268 g/mol. The highest BCUT2D eigenvalue weighted by Gasteiger charge is 2.19. The summed E-state index contributed by atoms with van der Waals surface area (Å²) in [6.07, 6.45) is 4.31. The van der Waals surface area contributed by atoms with E-state index in [0.717, 1.165) is 36.8 Å². The maximum absolute atomic E-state index is 12.0. The molecule has 5 nitrogen and oxygen atoms in total. The molecule has 5 heteroatoms. The summed E-state index contributed by atoms with van der Waals surface area (Å²) in [5.74, 6) is -0.756. The number of hydrogen-bond acceptors (Lipinski definition) is 4. The molecule has 0 spiro atoms. The van der Waals surface area contributed by atoms with Crippen LogP contribution in [-0.4, -0.2) is 24.5 Å². The van der Waals surface area contributed by atoms with Gasteiger partial charge in [-0.15, -0.1) is 0 Å². The maximum Gasteiger partial charge on any atom is 0.338 e. The van der Waals surface area contributed by atoms with Gasteiger partial charge in [-0.25, -0.2) is 4.79 Å². The van der Waals surface area contributed by atoms with Crippen molar-refractivity contribution in [3.05, 3.63) is 28.8 Å². The first-order chi connectivity index (χ1) is 9.97. The number of rotatable bonds is 4. The molecule has 0 aliphatic heterocycles. The topological polar surface area (TPSA) is 81.4 Å². The molecule has 0 atom stereocenters. The number of hydrogen-bond donors (Lipinski definition) is 2. The Morgan fingerprint density at radius 2 is 1.90 bits per heavy atom. The van der Waals surface area contributed by atoms with Crippen LogP contribution in [0.1, 0.15) is 47.2 Å². The molecule has 21 heavy (non-hydrogen) atoms. The molecule has 0 heterocycles. The van der Waals surface area contributed by atoms with Gasteiger partial charge in [0, 0.05) is 11.7 Å². The number of anilines is 1. The standard InChI is InChI=1S/C16H22N2O3/c1-10-7-11(2)14(17)8-13(10)16(20)21-9-15(19)18-12-5-3-4-6-12/h7-8,12H,3-6,9,17H2,1-2H3,(H,18,19). The third-order valence-corrected chi connectivity index (χ3v) is 3.89. The van der Waals surface area contributed by atoms with Crippen molar-refractivity contribution in [3.8, 4) is 0 Å². The zero-order valence-corrected chi connectivity index (χ0v) is 12.6. The summed E-state index contributed by atoms with van der Waals surface area (Å²) in [7, 11) is 0. The molecule has 1 aromatic carbocycles. The molecule has 0 aromatic heterocycles. The molecule has 1 saturated carbocycles. The highest BCUT2D eigenvalue weighted by atomic mass is 16.5. The van der Waals surface area contributed by atoms with Crippen LogP contribution in [0.2, 0.25) is 0 Å². The molecule has 0 saturated heterocycles. The SMILES string of the molecule is Cc1cc(C)c(C(=O)OCC(=O)NC2CCCC2)cc1N. The average Bonchev–Trinajstić information content (AvgIpc) is 2.93. The van der Waals surface area contributed by atoms with Gasteiger partial charge in [0.15, 0.2) is 6.61 Å². The average molecular weight is 290 g/mol. The first-order valence-electron chi connectivity index (χ1n) is 7.30. The highest BCUT2D eigenvalue weighted by molar-refractivity contribution is 5.93. The zero-order chi connectivity index (χ0) is 15.4. The van der Waals surface area contributed by atoms with Crippen LogP contribution in [0.15, 0.2) is 12.1 Å². The first-order valence-corrected chi connectivity index (χ1v) is 7.30. The van der Waals surface area contributed by atoms with E-state index in [2.05, 4.69) is 5.32 Å². The van der Waals surface area contributed by atoms with Crippen molar-refractivity contribution >= 4 is 17.6 Å². The largest absolute Gasteiger partial charge is 0.452 e. The van der Waals surface area contributed by atoms with Crippen molar-refractivity contribution < 1.29 is 14.3 Å². The number of esters is 1. The lowest BCUT2D eigenvalue weighted by atomic mass is 10.0. The fraction of sp³-hybridized carbons (Fsp3) is 0.500. The number of aryl methyl sites for hydroxylation is 2. The highest BCUT2D eigenvalue weighted by Crippen LogP contribution is 2.19. The molecule has 1 aliphatic carbocycles. The Kier molecular flexibility index (Phi) is 4.83. The second-order valence-electron chi connectivity index (χ2n) is 5.65. The van der Waals surface area contributed by atoms with E-state index in [-0.39, 0.29) is 18.6 Å². The quantitative estimate of drug-likeness (QED) is 0.657. The summed E-state index contributed by atoms with van der Waals surface area (Å²) in [5.41, 5.74) is 8.47. The van der Waals surface area contributed by atoms with E-state index >= 15 is 0 Å². The van der Waals surface area contributed by atoms with E-state index in [0.29, 0.717) is 11.3 Å². The Balaban J connectivity index is 1.89. The lowest BCUT2D eigenvalue weighted by Crippen LogP contribution is -2.35. The van der Waals surface area contributed by atoms with Crippen LogP contribution in [-0.2, 0) is 9.53 Å². The number of nitrogens with two attached hydrogens (primary N) is 1. The number of carbonyl (C=O) groups is 2. The number of ether oxygens (including phenoxy) is 1. The van der Waals surface area contributed by atoms with Gasteiger partial charge in [-0.2, -0.15) is 0 Å². The van der Waals surface area contributed by atoms with Crippen LogP contribution in [0, 0.1) is 13.8 Å². The Hall–Kier alpha value is -2.04. The van der Waals surface area contributed by atoms with E-state index < -0.39 is 5.97 Å². The van der Waals surface area contributed by atoms with Gasteiger partial charge in [0.2, 0.25) is 0 Å². The molecular formula is C16H22N2O3. The minimum Gasteiger partial charge on any atom is -0.452 e. The van der Waals surface area contributed by atoms with E-state index in [1.807, 2.05) is 19.9 Å². The molecule has 0 unspecified atom stereocenters. The van der Waals surface area contributed by atoms with E-state index in [1.165, 1.54) is 0 Å². The van der Waals surface area contributed by atoms with E-state index in [9.17, 15) is 9.59 Å². The second-order valence-corrected chi connectivity index (χ2v) is 5.65. The van der Waals surface area contributed by atoms with Gasteiger partial charge in [0.25, 0.3) is 5.91 Å². The minimum absolute atomic E-state index is 0.230. The number of nitrogen functional groups attached to an aromatic ring is 1. The van der Waals surface area contributed by atoms with Crippen molar-refractivity contribution in [2.75, 3.05) is 12.3 Å². The van der Waals surface area contributed by atoms with Crippen molar-refractivity contribution in [1.82, 2.24) is 5.32 Å². The van der Waals surface area contributed by atoms with Gasteiger partial charge >= 0.3 is 5.97 Å². The summed E-state index contributed by atoms with van der Waals surface area (Å²) in [5, 5.41) is 2.88. The number of benzene rings is 1. The molecule has 3 N–H and O–H groups in total. The minimum atomic E-state index is -0.513. The predicted molar refractivity (Wildman–Crippen MR) is 81.0 cm³/mol. The van der Waals surface area contributed by atoms with Crippen molar-refractivity contribution in [2.24, 2.45) is 0 Å². The summed E-state index contributed by atoms with van der Waals surface area (Å²) < 4.78 is 5.07. The molecule has 0 radical (unpaired) electrons. The molecule has 2 rings (SSSR count). The van der Waals surface area contributed by atoms with Gasteiger partial charge in [-0.05, 0) is 43.9 Å². The van der Waals surface area contributed by atoms with Crippen LogP contribution in [0.25, 0.3) is 0 Å². The lowest BCUT2D eigenvalue weighted by molar-refractivity contribution is -0.124. The van der Waals surface area contributed by atoms with E-state index in [4.69, 9.17) is 10.5 Å². The summed E-state index contributed by atoms with van der Waals surface area (Å²) in [4.78, 5) is 23.7. The fourth-order valence-electron chi connectivity index (χ4n) is 2.64. The maximum atomic E-state index is 12.0.